The molecule has 1 aliphatic rings. The third-order valence-corrected chi connectivity index (χ3v) is 4.05. The molecule has 2 N–H and O–H groups in total. The van der Waals surface area contributed by atoms with E-state index in [9.17, 15) is 4.79 Å². The average molecular weight is 267 g/mol. The molecule has 0 fully saturated rings. The lowest BCUT2D eigenvalue weighted by atomic mass is 9.97. The van der Waals surface area contributed by atoms with E-state index in [0.29, 0.717) is 6.54 Å². The van der Waals surface area contributed by atoms with Crippen molar-refractivity contribution < 1.29 is 4.79 Å². The molecule has 2 rings (SSSR count). The van der Waals surface area contributed by atoms with Crippen molar-refractivity contribution in [2.24, 2.45) is 11.7 Å². The molecule has 98 valence electrons. The molecule has 2 atom stereocenters. The molecule has 0 aliphatic carbocycles. The lowest BCUT2D eigenvalue weighted by Gasteiger charge is -2.32. The highest BCUT2D eigenvalue weighted by Gasteiger charge is 2.27. The quantitative estimate of drug-likeness (QED) is 0.892. The summed E-state index contributed by atoms with van der Waals surface area (Å²) in [5, 5.41) is 0.805. The summed E-state index contributed by atoms with van der Waals surface area (Å²) in [6, 6.07) is 5.77. The van der Waals surface area contributed by atoms with Gasteiger partial charge >= 0.3 is 0 Å². The van der Waals surface area contributed by atoms with E-state index in [2.05, 4.69) is 0 Å². The predicted molar refractivity (Wildman–Crippen MR) is 73.4 cm³/mol. The molecular weight excluding hydrogens is 248 g/mol. The summed E-state index contributed by atoms with van der Waals surface area (Å²) in [6.45, 7) is 5.14. The minimum atomic E-state index is -0.134. The lowest BCUT2D eigenvalue weighted by molar-refractivity contribution is -0.136. The van der Waals surface area contributed by atoms with Crippen molar-refractivity contribution >= 4 is 17.5 Å². The second-order valence-corrected chi connectivity index (χ2v) is 5.44. The summed E-state index contributed by atoms with van der Waals surface area (Å²) in [5.41, 5.74) is 8.12. The topological polar surface area (TPSA) is 46.3 Å². The summed E-state index contributed by atoms with van der Waals surface area (Å²) in [4.78, 5) is 14.1. The van der Waals surface area contributed by atoms with Crippen LogP contribution in [0.1, 0.15) is 25.0 Å². The van der Waals surface area contributed by atoms with Crippen molar-refractivity contribution in [2.75, 3.05) is 6.54 Å². The van der Waals surface area contributed by atoms with E-state index in [1.54, 1.807) is 0 Å². The van der Waals surface area contributed by atoms with Crippen molar-refractivity contribution in [3.63, 3.8) is 0 Å². The maximum Gasteiger partial charge on any atom is 0.227 e. The number of hydrogen-bond acceptors (Lipinski definition) is 2. The van der Waals surface area contributed by atoms with Crippen LogP contribution in [-0.4, -0.2) is 23.4 Å². The van der Waals surface area contributed by atoms with Gasteiger partial charge in [0.05, 0.1) is 5.92 Å². The monoisotopic (exact) mass is 266 g/mol. The van der Waals surface area contributed by atoms with Crippen LogP contribution < -0.4 is 5.73 Å². The van der Waals surface area contributed by atoms with Crippen LogP contribution in [0.5, 0.6) is 0 Å². The fraction of sp³-hybridized carbons (Fsp3) is 0.500. The molecule has 0 radical (unpaired) electrons. The molecule has 0 saturated heterocycles. The first kappa shape index (κ1) is 13.4. The van der Waals surface area contributed by atoms with Crippen LogP contribution in [0.3, 0.4) is 0 Å². The van der Waals surface area contributed by atoms with Gasteiger partial charge in [0, 0.05) is 24.2 Å². The molecule has 18 heavy (non-hydrogen) atoms. The lowest BCUT2D eigenvalue weighted by Crippen LogP contribution is -2.43. The minimum Gasteiger partial charge on any atom is -0.338 e. The van der Waals surface area contributed by atoms with Gasteiger partial charge in [-0.05, 0) is 30.5 Å². The Balaban J connectivity index is 2.15. The number of nitrogens with two attached hydrogens (primary N) is 1. The fourth-order valence-electron chi connectivity index (χ4n) is 2.26. The summed E-state index contributed by atoms with van der Waals surface area (Å²) in [6.07, 6.45) is 0.826. The van der Waals surface area contributed by atoms with E-state index in [-0.39, 0.29) is 17.9 Å². The molecule has 3 nitrogen and oxygen atoms in total. The summed E-state index contributed by atoms with van der Waals surface area (Å²) >= 11 is 6.16. The number of amides is 1. The minimum absolute atomic E-state index is 0.113. The van der Waals surface area contributed by atoms with Gasteiger partial charge < -0.3 is 10.6 Å². The van der Waals surface area contributed by atoms with E-state index in [1.165, 1.54) is 5.56 Å². The standard InChI is InChI=1S/C14H19ClN2O/c1-9(10(2)16)14(18)17-7-6-12-11(8-17)4-3-5-13(12)15/h3-5,9-10H,6-8,16H2,1-2H3. The van der Waals surface area contributed by atoms with Gasteiger partial charge in [-0.3, -0.25) is 4.79 Å². The predicted octanol–water partition coefficient (Wildman–Crippen LogP) is 2.21. The number of carbonyl (C=O) groups is 1. The highest BCUT2D eigenvalue weighted by Crippen LogP contribution is 2.26. The van der Waals surface area contributed by atoms with Crippen LogP contribution in [0.2, 0.25) is 5.02 Å². The van der Waals surface area contributed by atoms with Crippen molar-refractivity contribution in [1.29, 1.82) is 0 Å². The zero-order chi connectivity index (χ0) is 13.3. The molecule has 1 heterocycles. The van der Waals surface area contributed by atoms with Crippen LogP contribution in [0.4, 0.5) is 0 Å². The molecule has 1 aliphatic heterocycles. The Morgan fingerprint density at radius 2 is 2.17 bits per heavy atom. The van der Waals surface area contributed by atoms with E-state index >= 15 is 0 Å². The van der Waals surface area contributed by atoms with Gasteiger partial charge in [0.25, 0.3) is 0 Å². The highest BCUT2D eigenvalue weighted by atomic mass is 35.5. The van der Waals surface area contributed by atoms with Crippen LogP contribution >= 0.6 is 11.6 Å². The van der Waals surface area contributed by atoms with Crippen LogP contribution in [0, 0.1) is 5.92 Å². The molecule has 0 aromatic heterocycles. The van der Waals surface area contributed by atoms with Crippen molar-refractivity contribution in [2.45, 2.75) is 32.9 Å². The smallest absolute Gasteiger partial charge is 0.227 e. The van der Waals surface area contributed by atoms with Crippen LogP contribution in [0.25, 0.3) is 0 Å². The number of rotatable bonds is 2. The molecule has 2 unspecified atom stereocenters. The summed E-state index contributed by atoms with van der Waals surface area (Å²) < 4.78 is 0. The normalized spacial score (nSPS) is 18.1. The van der Waals surface area contributed by atoms with E-state index in [1.807, 2.05) is 36.9 Å². The summed E-state index contributed by atoms with van der Waals surface area (Å²) in [5.74, 6) is 0.00126. The Morgan fingerprint density at radius 3 is 2.83 bits per heavy atom. The van der Waals surface area contributed by atoms with Crippen LogP contribution in [0.15, 0.2) is 18.2 Å². The molecule has 1 aromatic rings. The Bertz CT molecular complexity index is 459. The van der Waals surface area contributed by atoms with Gasteiger partial charge in [-0.1, -0.05) is 30.7 Å². The number of hydrogen-bond donors (Lipinski definition) is 1. The maximum atomic E-state index is 12.2. The Hall–Kier alpha value is -1.06. The highest BCUT2D eigenvalue weighted by molar-refractivity contribution is 6.31. The number of nitrogens with zero attached hydrogens (tertiary/aromatic N) is 1. The second-order valence-electron chi connectivity index (χ2n) is 5.04. The number of benzene rings is 1. The zero-order valence-corrected chi connectivity index (χ0v) is 11.6. The van der Waals surface area contributed by atoms with Crippen LogP contribution in [-0.2, 0) is 17.8 Å². The van der Waals surface area contributed by atoms with Gasteiger partial charge in [0.2, 0.25) is 5.91 Å². The second kappa shape index (κ2) is 5.29. The molecule has 0 bridgehead atoms. The van der Waals surface area contributed by atoms with Gasteiger partial charge in [0.15, 0.2) is 0 Å². The van der Waals surface area contributed by atoms with Gasteiger partial charge in [-0.25, -0.2) is 0 Å². The molecule has 1 amide bonds. The Kier molecular flexibility index (Phi) is 3.93. The number of carbonyl (C=O) groups excluding carboxylic acids is 1. The zero-order valence-electron chi connectivity index (χ0n) is 10.8. The molecule has 1 aromatic carbocycles. The third-order valence-electron chi connectivity index (χ3n) is 3.70. The number of fused-ring (bicyclic) bond motifs is 1. The van der Waals surface area contributed by atoms with Gasteiger partial charge in [-0.2, -0.15) is 0 Å². The van der Waals surface area contributed by atoms with Crippen molar-refractivity contribution in [1.82, 2.24) is 4.90 Å². The molecule has 4 heteroatoms. The SMILES string of the molecule is CC(N)C(C)C(=O)N1CCc2c(Cl)cccc2C1. The van der Waals surface area contributed by atoms with Crippen molar-refractivity contribution in [3.8, 4) is 0 Å². The molecule has 0 saturated carbocycles. The first-order chi connectivity index (χ1) is 8.50. The number of halogens is 1. The first-order valence-electron chi connectivity index (χ1n) is 6.31. The largest absolute Gasteiger partial charge is 0.338 e. The van der Waals surface area contributed by atoms with E-state index in [0.717, 1.165) is 23.6 Å². The molecule has 0 spiro atoms. The van der Waals surface area contributed by atoms with Gasteiger partial charge in [-0.15, -0.1) is 0 Å². The Morgan fingerprint density at radius 1 is 1.44 bits per heavy atom. The van der Waals surface area contributed by atoms with Crippen molar-refractivity contribution in [3.05, 3.63) is 34.3 Å². The maximum absolute atomic E-state index is 12.2. The Labute approximate surface area is 113 Å². The fourth-order valence-corrected chi connectivity index (χ4v) is 2.55. The van der Waals surface area contributed by atoms with E-state index in [4.69, 9.17) is 17.3 Å². The third kappa shape index (κ3) is 2.52. The first-order valence-corrected chi connectivity index (χ1v) is 6.69. The summed E-state index contributed by atoms with van der Waals surface area (Å²) in [7, 11) is 0. The van der Waals surface area contributed by atoms with Gasteiger partial charge in [0.1, 0.15) is 0 Å². The van der Waals surface area contributed by atoms with E-state index < -0.39 is 0 Å². The molecular formula is C14H19ClN2O. The average Bonchev–Trinajstić information content (AvgIpc) is 2.36.